The Kier molecular flexibility index (Phi) is 8.56. The Morgan fingerprint density at radius 3 is 2.60 bits per heavy atom. The second-order valence-electron chi connectivity index (χ2n) is 9.46. The molecule has 1 aliphatic heterocycles. The van der Waals surface area contributed by atoms with Crippen LogP contribution >= 0.6 is 10.8 Å². The summed E-state index contributed by atoms with van der Waals surface area (Å²) in [5, 5.41) is 20.6. The largest absolute Gasteiger partial charge is 0.390 e. The zero-order valence-electron chi connectivity index (χ0n) is 20.3. The molecular formula is C26H38N4O4S. The number of aliphatic hydroxyl groups excluding tert-OH is 1. The predicted octanol–water partition coefficient (Wildman–Crippen LogP) is 3.84. The number of nitrogens with one attached hydrogen (secondary N) is 3. The third-order valence-corrected chi connectivity index (χ3v) is 8.44. The Bertz CT molecular complexity index is 987. The second kappa shape index (κ2) is 11.6. The van der Waals surface area contributed by atoms with Gasteiger partial charge < -0.3 is 21.1 Å². The number of hydrogen-bond donors (Lipinski definition) is 6. The summed E-state index contributed by atoms with van der Waals surface area (Å²) < 4.78 is 22.9. The van der Waals surface area contributed by atoms with Crippen LogP contribution in [0.4, 0.5) is 11.4 Å². The number of carbonyl (C=O) groups is 1. The monoisotopic (exact) mass is 502 g/mol. The molecule has 1 aliphatic carbocycles. The van der Waals surface area contributed by atoms with Crippen molar-refractivity contribution in [3.05, 3.63) is 59.7 Å². The van der Waals surface area contributed by atoms with E-state index >= 15 is 0 Å². The molecular weight excluding hydrogens is 464 g/mol. The molecule has 1 heterocycles. The Balaban J connectivity index is 1.56. The molecule has 1 saturated heterocycles. The molecule has 4 rings (SSSR count). The molecule has 2 fully saturated rings. The summed E-state index contributed by atoms with van der Waals surface area (Å²) in [6, 6.07) is 15.2. The van der Waals surface area contributed by atoms with Crippen molar-refractivity contribution < 1.29 is 19.0 Å². The van der Waals surface area contributed by atoms with Crippen LogP contribution in [0.25, 0.3) is 0 Å². The maximum atomic E-state index is 13.4. The van der Waals surface area contributed by atoms with Gasteiger partial charge in [-0.05, 0) is 62.8 Å². The Morgan fingerprint density at radius 2 is 1.91 bits per heavy atom. The van der Waals surface area contributed by atoms with Gasteiger partial charge in [-0.2, -0.15) is 0 Å². The van der Waals surface area contributed by atoms with E-state index in [1.165, 1.54) is 0 Å². The van der Waals surface area contributed by atoms with E-state index in [-0.39, 0.29) is 5.91 Å². The van der Waals surface area contributed by atoms with Crippen molar-refractivity contribution in [2.24, 2.45) is 0 Å². The summed E-state index contributed by atoms with van der Waals surface area (Å²) in [5.74, 6) is 0.0325. The van der Waals surface area contributed by atoms with Crippen LogP contribution in [0.3, 0.4) is 0 Å². The highest BCUT2D eigenvalue weighted by Crippen LogP contribution is 2.50. The van der Waals surface area contributed by atoms with Gasteiger partial charge in [0.25, 0.3) is 5.91 Å². The summed E-state index contributed by atoms with van der Waals surface area (Å²) in [6.45, 7) is 3.59. The van der Waals surface area contributed by atoms with Crippen molar-refractivity contribution in [3.63, 3.8) is 0 Å². The molecule has 2 aliphatic rings. The van der Waals surface area contributed by atoms with E-state index in [4.69, 9.17) is 0 Å². The summed E-state index contributed by atoms with van der Waals surface area (Å²) in [4.78, 5) is 13.4. The first-order valence-electron chi connectivity index (χ1n) is 12.5. The van der Waals surface area contributed by atoms with Gasteiger partial charge in [-0.1, -0.05) is 30.3 Å². The first-order chi connectivity index (χ1) is 16.9. The summed E-state index contributed by atoms with van der Waals surface area (Å²) in [7, 11) is -2.91. The number of aliphatic hydroxyl groups is 1. The number of benzene rings is 2. The highest BCUT2D eigenvalue weighted by Gasteiger charge is 2.29. The smallest absolute Gasteiger partial charge is 0.251 e. The van der Waals surface area contributed by atoms with E-state index in [2.05, 4.69) is 16.0 Å². The van der Waals surface area contributed by atoms with Crippen molar-refractivity contribution in [3.8, 4) is 0 Å². The SMILES string of the molecule is CCNc1cc(C(=O)N[C@@H](Cc2ccccc2)[C@H](O)CNC2CC2)cc(N2CCCCS2(O)O)c1. The first-order valence-corrected chi connectivity index (χ1v) is 14.2. The lowest BCUT2D eigenvalue weighted by Gasteiger charge is -2.47. The lowest BCUT2D eigenvalue weighted by Crippen LogP contribution is -2.49. The van der Waals surface area contributed by atoms with E-state index in [0.717, 1.165) is 36.9 Å². The number of nitrogens with zero attached hydrogens (tertiary/aromatic N) is 1. The number of rotatable bonds is 11. The number of carbonyl (C=O) groups excluding carboxylic acids is 1. The van der Waals surface area contributed by atoms with Crippen LogP contribution in [-0.2, 0) is 6.42 Å². The van der Waals surface area contributed by atoms with Crippen molar-refractivity contribution >= 4 is 28.1 Å². The molecule has 192 valence electrons. The molecule has 0 bridgehead atoms. The standard InChI is InChI=1S/C26H38N4O4S/c1-2-27-22-15-20(16-23(17-22)30-12-6-7-13-35(30,33)34)26(32)29-24(14-19-8-4-3-5-9-19)25(31)18-28-21-10-11-21/h3-5,8-9,15-17,21,24-25,27-28,31,33-34H,2,6-7,10-14,18H2,1H3,(H,29,32)/t24-,25+/m0/s1. The molecule has 8 nitrogen and oxygen atoms in total. The second-order valence-corrected chi connectivity index (χ2v) is 11.6. The Morgan fingerprint density at radius 1 is 1.14 bits per heavy atom. The first kappa shape index (κ1) is 25.8. The fraction of sp³-hybridized carbons (Fsp3) is 0.500. The highest BCUT2D eigenvalue weighted by atomic mass is 32.3. The fourth-order valence-corrected chi connectivity index (χ4v) is 6.09. The van der Waals surface area contributed by atoms with Crippen molar-refractivity contribution in [2.45, 2.75) is 57.2 Å². The molecule has 0 spiro atoms. The van der Waals surface area contributed by atoms with Gasteiger partial charge in [0.15, 0.2) is 0 Å². The van der Waals surface area contributed by atoms with Crippen LogP contribution in [0, 0.1) is 0 Å². The average Bonchev–Trinajstić information content (AvgIpc) is 3.67. The van der Waals surface area contributed by atoms with Gasteiger partial charge in [-0.3, -0.25) is 18.2 Å². The van der Waals surface area contributed by atoms with Crippen molar-refractivity contribution in [1.29, 1.82) is 0 Å². The van der Waals surface area contributed by atoms with Crippen LogP contribution in [0.1, 0.15) is 48.5 Å². The lowest BCUT2D eigenvalue weighted by atomic mass is 10.00. The third-order valence-electron chi connectivity index (χ3n) is 6.50. The molecule has 2 aromatic rings. The maximum Gasteiger partial charge on any atom is 0.251 e. The lowest BCUT2D eigenvalue weighted by molar-refractivity contribution is 0.0830. The minimum Gasteiger partial charge on any atom is -0.390 e. The third kappa shape index (κ3) is 7.11. The summed E-state index contributed by atoms with van der Waals surface area (Å²) in [5.41, 5.74) is 2.81. The van der Waals surface area contributed by atoms with Gasteiger partial charge in [-0.25, -0.2) is 0 Å². The number of amides is 1. The minimum absolute atomic E-state index is 0.300. The normalized spacial score (nSPS) is 20.1. The minimum atomic E-state index is -2.91. The van der Waals surface area contributed by atoms with Gasteiger partial charge in [-0.15, -0.1) is 10.8 Å². The van der Waals surface area contributed by atoms with E-state index in [0.29, 0.717) is 49.1 Å². The summed E-state index contributed by atoms with van der Waals surface area (Å²) >= 11 is 0. The van der Waals surface area contributed by atoms with Crippen molar-refractivity contribution in [2.75, 3.05) is 35.0 Å². The van der Waals surface area contributed by atoms with E-state index in [1.54, 1.807) is 16.4 Å². The number of anilines is 2. The van der Waals surface area contributed by atoms with Crippen LogP contribution in [-0.4, -0.2) is 63.7 Å². The van der Waals surface area contributed by atoms with Crippen LogP contribution in [0.5, 0.6) is 0 Å². The molecule has 6 N–H and O–H groups in total. The van der Waals surface area contributed by atoms with Gasteiger partial charge in [0.2, 0.25) is 0 Å². The fourth-order valence-electron chi connectivity index (χ4n) is 4.42. The molecule has 9 heteroatoms. The van der Waals surface area contributed by atoms with Gasteiger partial charge in [0, 0.05) is 36.9 Å². The van der Waals surface area contributed by atoms with E-state index in [1.807, 2.05) is 43.3 Å². The van der Waals surface area contributed by atoms with Crippen molar-refractivity contribution in [1.82, 2.24) is 10.6 Å². The molecule has 0 unspecified atom stereocenters. The average molecular weight is 503 g/mol. The van der Waals surface area contributed by atoms with Gasteiger partial charge in [0.1, 0.15) is 0 Å². The molecule has 0 aromatic heterocycles. The van der Waals surface area contributed by atoms with Gasteiger partial charge in [0.05, 0.1) is 23.6 Å². The zero-order chi connectivity index (χ0) is 24.8. The number of hydrogen-bond acceptors (Lipinski definition) is 7. The molecule has 2 aromatic carbocycles. The topological polar surface area (TPSA) is 117 Å². The van der Waals surface area contributed by atoms with Crippen LogP contribution < -0.4 is 20.3 Å². The zero-order valence-corrected chi connectivity index (χ0v) is 21.1. The van der Waals surface area contributed by atoms with Crippen LogP contribution in [0.2, 0.25) is 0 Å². The molecule has 2 atom stereocenters. The molecule has 0 radical (unpaired) electrons. The quantitative estimate of drug-likeness (QED) is 0.276. The van der Waals surface area contributed by atoms with Gasteiger partial charge >= 0.3 is 0 Å². The van der Waals surface area contributed by atoms with Crippen LogP contribution in [0.15, 0.2) is 48.5 Å². The Labute approximate surface area is 209 Å². The van der Waals surface area contributed by atoms with E-state index < -0.39 is 22.9 Å². The Hall–Kier alpha value is -2.30. The molecule has 35 heavy (non-hydrogen) atoms. The summed E-state index contributed by atoms with van der Waals surface area (Å²) in [6.07, 6.45) is 3.64. The molecule has 1 amide bonds. The molecule has 1 saturated carbocycles. The highest BCUT2D eigenvalue weighted by molar-refractivity contribution is 8.25. The van der Waals surface area contributed by atoms with E-state index in [9.17, 15) is 19.0 Å². The maximum absolute atomic E-state index is 13.4. The predicted molar refractivity (Wildman–Crippen MR) is 143 cm³/mol.